The lowest BCUT2D eigenvalue weighted by atomic mass is 9.92. The average molecular weight is 332 g/mol. The van der Waals surface area contributed by atoms with Crippen LogP contribution in [0, 0.1) is 20.8 Å². The molecule has 0 aliphatic heterocycles. The highest BCUT2D eigenvalue weighted by molar-refractivity contribution is 9.10. The molecule has 2 aromatic carbocycles. The van der Waals surface area contributed by atoms with E-state index in [0.717, 1.165) is 6.54 Å². The maximum absolute atomic E-state index is 3.72. The number of rotatable bonds is 4. The van der Waals surface area contributed by atoms with Crippen molar-refractivity contribution in [2.45, 2.75) is 33.7 Å². The lowest BCUT2D eigenvalue weighted by molar-refractivity contribution is 0.625. The summed E-state index contributed by atoms with van der Waals surface area (Å²) in [7, 11) is 0. The summed E-state index contributed by atoms with van der Waals surface area (Å²) in [5.74, 6) is 0. The molecule has 0 heterocycles. The zero-order valence-electron chi connectivity index (χ0n) is 12.6. The van der Waals surface area contributed by atoms with Crippen LogP contribution in [0.2, 0.25) is 0 Å². The first kappa shape index (κ1) is 15.3. The van der Waals surface area contributed by atoms with Crippen molar-refractivity contribution in [2.24, 2.45) is 0 Å². The third-order valence-electron chi connectivity index (χ3n) is 3.83. The maximum Gasteiger partial charge on any atom is 0.0590 e. The van der Waals surface area contributed by atoms with Gasteiger partial charge in [0.2, 0.25) is 0 Å². The molecule has 2 rings (SSSR count). The first-order chi connectivity index (χ1) is 9.54. The van der Waals surface area contributed by atoms with Gasteiger partial charge < -0.3 is 5.32 Å². The molecule has 0 saturated carbocycles. The molecule has 0 fully saturated rings. The second kappa shape index (κ2) is 6.55. The summed E-state index contributed by atoms with van der Waals surface area (Å²) in [6, 6.07) is 13.3. The summed E-state index contributed by atoms with van der Waals surface area (Å²) in [6.45, 7) is 9.59. The molecule has 1 nitrogen and oxygen atoms in total. The number of halogens is 1. The molecule has 1 unspecified atom stereocenters. The Balaban J connectivity index is 2.53. The molecule has 0 saturated heterocycles. The third-order valence-corrected chi connectivity index (χ3v) is 4.52. The van der Waals surface area contributed by atoms with Gasteiger partial charge in [0.25, 0.3) is 0 Å². The molecule has 1 N–H and O–H groups in total. The highest BCUT2D eigenvalue weighted by Gasteiger charge is 2.18. The quantitative estimate of drug-likeness (QED) is 0.824. The van der Waals surface area contributed by atoms with Crippen molar-refractivity contribution in [3.8, 4) is 0 Å². The number of hydrogen-bond donors (Lipinski definition) is 1. The van der Waals surface area contributed by atoms with Crippen LogP contribution in [0.4, 0.5) is 0 Å². The van der Waals surface area contributed by atoms with Crippen LogP contribution in [-0.4, -0.2) is 6.54 Å². The van der Waals surface area contributed by atoms with Crippen LogP contribution >= 0.6 is 15.9 Å². The van der Waals surface area contributed by atoms with Gasteiger partial charge in [-0.1, -0.05) is 53.2 Å². The standard InChI is InChI=1S/C18H22BrN/c1-5-20-18(15-8-6-7-13(3)14(15)4)16-10-9-12(2)11-17(16)19/h6-11,18,20H,5H2,1-4H3. The molecular formula is C18H22BrN. The van der Waals surface area contributed by atoms with Crippen LogP contribution in [0.1, 0.15) is 40.8 Å². The van der Waals surface area contributed by atoms with E-state index in [-0.39, 0.29) is 6.04 Å². The van der Waals surface area contributed by atoms with Crippen molar-refractivity contribution in [1.29, 1.82) is 0 Å². The average Bonchev–Trinajstić information content (AvgIpc) is 2.40. The summed E-state index contributed by atoms with van der Waals surface area (Å²) >= 11 is 3.72. The van der Waals surface area contributed by atoms with Gasteiger partial charge in [-0.15, -0.1) is 0 Å². The molecule has 0 radical (unpaired) electrons. The van der Waals surface area contributed by atoms with Crippen molar-refractivity contribution >= 4 is 15.9 Å². The summed E-state index contributed by atoms with van der Waals surface area (Å²) in [6.07, 6.45) is 0. The lowest BCUT2D eigenvalue weighted by Gasteiger charge is -2.23. The van der Waals surface area contributed by atoms with Crippen molar-refractivity contribution in [2.75, 3.05) is 6.54 Å². The molecule has 20 heavy (non-hydrogen) atoms. The van der Waals surface area contributed by atoms with Crippen molar-refractivity contribution in [1.82, 2.24) is 5.32 Å². The van der Waals surface area contributed by atoms with E-state index in [0.29, 0.717) is 0 Å². The fourth-order valence-corrected chi connectivity index (χ4v) is 3.27. The maximum atomic E-state index is 3.72. The second-order valence-corrected chi connectivity index (χ2v) is 6.16. The molecular weight excluding hydrogens is 310 g/mol. The summed E-state index contributed by atoms with van der Waals surface area (Å²) < 4.78 is 1.17. The van der Waals surface area contributed by atoms with E-state index >= 15 is 0 Å². The van der Waals surface area contributed by atoms with Gasteiger partial charge in [-0.25, -0.2) is 0 Å². The third kappa shape index (κ3) is 3.13. The van der Waals surface area contributed by atoms with Gasteiger partial charge in [0.15, 0.2) is 0 Å². The van der Waals surface area contributed by atoms with Crippen molar-refractivity contribution in [3.05, 3.63) is 68.7 Å². The smallest absolute Gasteiger partial charge is 0.0590 e. The topological polar surface area (TPSA) is 12.0 Å². The predicted molar refractivity (Wildman–Crippen MR) is 90.3 cm³/mol. The Bertz CT molecular complexity index is 604. The largest absolute Gasteiger partial charge is 0.306 e. The van der Waals surface area contributed by atoms with E-state index in [2.05, 4.69) is 85.3 Å². The number of aryl methyl sites for hydroxylation is 2. The van der Waals surface area contributed by atoms with Crippen LogP contribution in [0.25, 0.3) is 0 Å². The van der Waals surface area contributed by atoms with Crippen LogP contribution in [0.5, 0.6) is 0 Å². The fraction of sp³-hybridized carbons (Fsp3) is 0.333. The van der Waals surface area contributed by atoms with Gasteiger partial charge in [0, 0.05) is 4.47 Å². The van der Waals surface area contributed by atoms with E-state index in [9.17, 15) is 0 Å². The molecule has 1 atom stereocenters. The molecule has 0 aromatic heterocycles. The van der Waals surface area contributed by atoms with Crippen LogP contribution in [-0.2, 0) is 0 Å². The Kier molecular flexibility index (Phi) is 5.00. The number of benzene rings is 2. The van der Waals surface area contributed by atoms with Gasteiger partial charge in [0.1, 0.15) is 0 Å². The molecule has 0 spiro atoms. The fourth-order valence-electron chi connectivity index (χ4n) is 2.54. The van der Waals surface area contributed by atoms with E-state index in [1.165, 1.54) is 32.3 Å². The van der Waals surface area contributed by atoms with E-state index in [1.807, 2.05) is 0 Å². The van der Waals surface area contributed by atoms with Crippen LogP contribution in [0.3, 0.4) is 0 Å². The van der Waals surface area contributed by atoms with Gasteiger partial charge in [0.05, 0.1) is 6.04 Å². The summed E-state index contributed by atoms with van der Waals surface area (Å²) in [5.41, 5.74) is 6.64. The summed E-state index contributed by atoms with van der Waals surface area (Å²) in [5, 5.41) is 3.61. The minimum absolute atomic E-state index is 0.231. The SMILES string of the molecule is CCNC(c1ccc(C)cc1Br)c1cccc(C)c1C. The van der Waals surface area contributed by atoms with Crippen molar-refractivity contribution in [3.63, 3.8) is 0 Å². The lowest BCUT2D eigenvalue weighted by Crippen LogP contribution is -2.23. The van der Waals surface area contributed by atoms with Gasteiger partial charge in [-0.05, 0) is 61.2 Å². The number of nitrogens with one attached hydrogen (secondary N) is 1. The van der Waals surface area contributed by atoms with Crippen molar-refractivity contribution < 1.29 is 0 Å². The normalized spacial score (nSPS) is 12.4. The minimum Gasteiger partial charge on any atom is -0.306 e. The molecule has 2 heteroatoms. The van der Waals surface area contributed by atoms with Gasteiger partial charge in [-0.2, -0.15) is 0 Å². The van der Waals surface area contributed by atoms with Crippen LogP contribution in [0.15, 0.2) is 40.9 Å². The molecule has 0 amide bonds. The van der Waals surface area contributed by atoms with Gasteiger partial charge >= 0.3 is 0 Å². The minimum atomic E-state index is 0.231. The Hall–Kier alpha value is -1.12. The number of hydrogen-bond acceptors (Lipinski definition) is 1. The Morgan fingerprint density at radius 3 is 2.45 bits per heavy atom. The Labute approximate surface area is 130 Å². The predicted octanol–water partition coefficient (Wildman–Crippen LogP) is 5.07. The molecule has 0 bridgehead atoms. The van der Waals surface area contributed by atoms with Crippen LogP contribution < -0.4 is 5.32 Å². The first-order valence-corrected chi connectivity index (χ1v) is 7.89. The second-order valence-electron chi connectivity index (χ2n) is 5.30. The highest BCUT2D eigenvalue weighted by Crippen LogP contribution is 2.31. The highest BCUT2D eigenvalue weighted by atomic mass is 79.9. The summed E-state index contributed by atoms with van der Waals surface area (Å²) in [4.78, 5) is 0. The monoisotopic (exact) mass is 331 g/mol. The molecule has 2 aromatic rings. The molecule has 0 aliphatic carbocycles. The first-order valence-electron chi connectivity index (χ1n) is 7.10. The van der Waals surface area contributed by atoms with E-state index in [4.69, 9.17) is 0 Å². The van der Waals surface area contributed by atoms with E-state index in [1.54, 1.807) is 0 Å². The zero-order valence-corrected chi connectivity index (χ0v) is 14.2. The Morgan fingerprint density at radius 2 is 1.80 bits per heavy atom. The molecule has 106 valence electrons. The van der Waals surface area contributed by atoms with E-state index < -0.39 is 0 Å². The Morgan fingerprint density at radius 1 is 1.05 bits per heavy atom. The molecule has 0 aliphatic rings. The zero-order chi connectivity index (χ0) is 14.7. The van der Waals surface area contributed by atoms with Gasteiger partial charge in [-0.3, -0.25) is 0 Å².